The van der Waals surface area contributed by atoms with Crippen LogP contribution in [0.25, 0.3) is 0 Å². The van der Waals surface area contributed by atoms with Gasteiger partial charge in [-0.1, -0.05) is 0 Å². The Balaban J connectivity index is 2.18. The number of hydrogen-bond donors (Lipinski definition) is 1. The van der Waals surface area contributed by atoms with Crippen LogP contribution in [0.2, 0.25) is 0 Å². The summed E-state index contributed by atoms with van der Waals surface area (Å²) in [5.41, 5.74) is 1.29. The van der Waals surface area contributed by atoms with Crippen molar-refractivity contribution < 1.29 is 14.4 Å². The molecule has 0 unspecified atom stereocenters. The number of anilines is 2. The summed E-state index contributed by atoms with van der Waals surface area (Å²) in [6.07, 6.45) is 0. The van der Waals surface area contributed by atoms with E-state index in [-0.39, 0.29) is 30.4 Å². The third kappa shape index (κ3) is 2.64. The molecule has 4 amide bonds. The number of rotatable bonds is 3. The second-order valence-corrected chi connectivity index (χ2v) is 4.95. The Morgan fingerprint density at radius 3 is 2.25 bits per heavy atom. The zero-order valence-electron chi connectivity index (χ0n) is 11.7. The summed E-state index contributed by atoms with van der Waals surface area (Å²) in [6.45, 7) is 5.09. The lowest BCUT2D eigenvalue weighted by molar-refractivity contribution is -0.126. The molecule has 1 saturated heterocycles. The Morgan fingerprint density at radius 1 is 1.20 bits per heavy atom. The normalized spacial score (nSPS) is 15.2. The van der Waals surface area contributed by atoms with Crippen LogP contribution in [-0.4, -0.2) is 35.3 Å². The highest BCUT2D eigenvalue weighted by atomic mass is 16.2. The average Bonchev–Trinajstić information content (AvgIpc) is 2.65. The van der Waals surface area contributed by atoms with Gasteiger partial charge in [-0.15, -0.1) is 0 Å². The summed E-state index contributed by atoms with van der Waals surface area (Å²) in [7, 11) is 0. The Labute approximate surface area is 117 Å². The highest BCUT2D eigenvalue weighted by Gasteiger charge is 2.38. The standard InChI is InChI=1S/C14H17N3O3/c1-9(2)17-13(19)8-16(14(17)20)12-6-4-11(5-7-12)15-10(3)18/h4-7,9H,8H2,1-3H3,(H,15,18). The molecule has 20 heavy (non-hydrogen) atoms. The molecule has 1 heterocycles. The fourth-order valence-corrected chi connectivity index (χ4v) is 2.15. The molecule has 0 bridgehead atoms. The molecule has 0 spiro atoms. The van der Waals surface area contributed by atoms with Gasteiger partial charge in [-0.25, -0.2) is 4.79 Å². The van der Waals surface area contributed by atoms with Gasteiger partial charge in [0.1, 0.15) is 6.54 Å². The van der Waals surface area contributed by atoms with Gasteiger partial charge >= 0.3 is 6.03 Å². The minimum absolute atomic E-state index is 0.0521. The molecule has 0 radical (unpaired) electrons. The number of amides is 4. The maximum absolute atomic E-state index is 12.2. The van der Waals surface area contributed by atoms with Crippen LogP contribution in [0.3, 0.4) is 0 Å². The Bertz CT molecular complexity index is 551. The van der Waals surface area contributed by atoms with Gasteiger partial charge in [0.15, 0.2) is 0 Å². The van der Waals surface area contributed by atoms with Crippen LogP contribution in [0.15, 0.2) is 24.3 Å². The quantitative estimate of drug-likeness (QED) is 0.855. The molecule has 6 nitrogen and oxygen atoms in total. The molecular weight excluding hydrogens is 258 g/mol. The summed E-state index contributed by atoms with van der Waals surface area (Å²) in [5.74, 6) is -0.355. The number of benzene rings is 1. The van der Waals surface area contributed by atoms with Gasteiger partial charge in [-0.05, 0) is 38.1 Å². The van der Waals surface area contributed by atoms with Crippen molar-refractivity contribution in [1.29, 1.82) is 0 Å². The predicted octanol–water partition coefficient (Wildman–Crippen LogP) is 1.82. The molecular formula is C14H17N3O3. The van der Waals surface area contributed by atoms with Crippen LogP contribution in [0.5, 0.6) is 0 Å². The van der Waals surface area contributed by atoms with E-state index >= 15 is 0 Å². The van der Waals surface area contributed by atoms with E-state index in [1.54, 1.807) is 38.1 Å². The van der Waals surface area contributed by atoms with Gasteiger partial charge in [0, 0.05) is 24.3 Å². The van der Waals surface area contributed by atoms with E-state index in [1.807, 2.05) is 0 Å². The monoisotopic (exact) mass is 275 g/mol. The SMILES string of the molecule is CC(=O)Nc1ccc(N2CC(=O)N(C(C)C)C2=O)cc1. The van der Waals surface area contributed by atoms with Crippen LogP contribution in [0.1, 0.15) is 20.8 Å². The van der Waals surface area contributed by atoms with E-state index in [0.717, 1.165) is 0 Å². The van der Waals surface area contributed by atoms with E-state index in [1.165, 1.54) is 16.7 Å². The van der Waals surface area contributed by atoms with E-state index in [0.29, 0.717) is 11.4 Å². The first-order valence-corrected chi connectivity index (χ1v) is 6.41. The van der Waals surface area contributed by atoms with Crippen molar-refractivity contribution in [1.82, 2.24) is 4.90 Å². The first-order chi connectivity index (χ1) is 9.40. The summed E-state index contributed by atoms with van der Waals surface area (Å²) in [5, 5.41) is 2.65. The lowest BCUT2D eigenvalue weighted by atomic mass is 10.2. The molecule has 0 atom stereocenters. The molecule has 2 rings (SSSR count). The van der Waals surface area contributed by atoms with Crippen LogP contribution in [-0.2, 0) is 9.59 Å². The molecule has 1 aromatic carbocycles. The van der Waals surface area contributed by atoms with E-state index in [2.05, 4.69) is 5.32 Å². The van der Waals surface area contributed by atoms with Crippen molar-refractivity contribution in [2.45, 2.75) is 26.8 Å². The molecule has 0 aliphatic carbocycles. The topological polar surface area (TPSA) is 69.7 Å². The Morgan fingerprint density at radius 2 is 1.80 bits per heavy atom. The number of carbonyl (C=O) groups is 3. The lowest BCUT2D eigenvalue weighted by Gasteiger charge is -2.20. The minimum atomic E-state index is -0.308. The fourth-order valence-electron chi connectivity index (χ4n) is 2.15. The molecule has 0 aromatic heterocycles. The van der Waals surface area contributed by atoms with Crippen molar-refractivity contribution in [3.63, 3.8) is 0 Å². The second-order valence-electron chi connectivity index (χ2n) is 4.95. The van der Waals surface area contributed by atoms with Crippen LogP contribution >= 0.6 is 0 Å². The number of nitrogens with one attached hydrogen (secondary N) is 1. The average molecular weight is 275 g/mol. The first-order valence-electron chi connectivity index (χ1n) is 6.41. The van der Waals surface area contributed by atoms with E-state index in [9.17, 15) is 14.4 Å². The zero-order valence-corrected chi connectivity index (χ0v) is 11.7. The number of nitrogens with zero attached hydrogens (tertiary/aromatic N) is 2. The van der Waals surface area contributed by atoms with Gasteiger partial charge in [-0.2, -0.15) is 0 Å². The Hall–Kier alpha value is -2.37. The molecule has 1 fully saturated rings. The van der Waals surface area contributed by atoms with E-state index in [4.69, 9.17) is 0 Å². The highest BCUT2D eigenvalue weighted by Crippen LogP contribution is 2.24. The third-order valence-corrected chi connectivity index (χ3v) is 3.01. The fraction of sp³-hybridized carbons (Fsp3) is 0.357. The van der Waals surface area contributed by atoms with Crippen molar-refractivity contribution >= 4 is 29.2 Å². The van der Waals surface area contributed by atoms with Gasteiger partial charge in [0.2, 0.25) is 5.91 Å². The summed E-state index contributed by atoms with van der Waals surface area (Å²) in [4.78, 5) is 37.6. The maximum Gasteiger partial charge on any atom is 0.331 e. The zero-order chi connectivity index (χ0) is 14.9. The lowest BCUT2D eigenvalue weighted by Crippen LogP contribution is -2.38. The van der Waals surface area contributed by atoms with Gasteiger partial charge < -0.3 is 5.32 Å². The van der Waals surface area contributed by atoms with Gasteiger partial charge in [0.25, 0.3) is 5.91 Å². The molecule has 6 heteroatoms. The van der Waals surface area contributed by atoms with Crippen LogP contribution in [0.4, 0.5) is 16.2 Å². The predicted molar refractivity (Wildman–Crippen MR) is 75.5 cm³/mol. The van der Waals surface area contributed by atoms with Crippen LogP contribution < -0.4 is 10.2 Å². The van der Waals surface area contributed by atoms with Gasteiger partial charge in [0.05, 0.1) is 0 Å². The molecule has 1 aliphatic heterocycles. The molecule has 1 aliphatic rings. The van der Waals surface area contributed by atoms with Crippen molar-refractivity contribution in [3.8, 4) is 0 Å². The summed E-state index contributed by atoms with van der Waals surface area (Å²) in [6, 6.07) is 6.36. The van der Waals surface area contributed by atoms with Crippen LogP contribution in [0, 0.1) is 0 Å². The number of imide groups is 1. The smallest absolute Gasteiger partial charge is 0.326 e. The van der Waals surface area contributed by atoms with Crippen molar-refractivity contribution in [2.24, 2.45) is 0 Å². The molecule has 1 aromatic rings. The summed E-state index contributed by atoms with van der Waals surface area (Å²) >= 11 is 0. The van der Waals surface area contributed by atoms with Crippen molar-refractivity contribution in [2.75, 3.05) is 16.8 Å². The van der Waals surface area contributed by atoms with Crippen molar-refractivity contribution in [3.05, 3.63) is 24.3 Å². The molecule has 1 N–H and O–H groups in total. The number of hydrogen-bond acceptors (Lipinski definition) is 3. The number of urea groups is 1. The second kappa shape index (κ2) is 5.32. The summed E-state index contributed by atoms with van der Waals surface area (Å²) < 4.78 is 0. The van der Waals surface area contributed by atoms with E-state index < -0.39 is 0 Å². The minimum Gasteiger partial charge on any atom is -0.326 e. The van der Waals surface area contributed by atoms with Gasteiger partial charge in [-0.3, -0.25) is 19.4 Å². The molecule has 0 saturated carbocycles. The number of carbonyl (C=O) groups excluding carboxylic acids is 3. The highest BCUT2D eigenvalue weighted by molar-refractivity contribution is 6.12. The first kappa shape index (κ1) is 14.0. The largest absolute Gasteiger partial charge is 0.331 e. The molecule has 106 valence electrons. The third-order valence-electron chi connectivity index (χ3n) is 3.01. The maximum atomic E-state index is 12.2. The Kier molecular flexibility index (Phi) is 3.74.